The largest absolute Gasteiger partial charge is 0.493 e. The topological polar surface area (TPSA) is 102 Å². The highest BCUT2D eigenvalue weighted by Crippen LogP contribution is 2.31. The normalized spacial score (nSPS) is 11.7. The van der Waals surface area contributed by atoms with Crippen LogP contribution in [0.4, 0.5) is 0 Å². The molecule has 2 heterocycles. The van der Waals surface area contributed by atoms with Crippen molar-refractivity contribution in [2.24, 2.45) is 0 Å². The lowest BCUT2D eigenvalue weighted by atomic mass is 10.1. The summed E-state index contributed by atoms with van der Waals surface area (Å²) in [5, 5.41) is 0.687. The summed E-state index contributed by atoms with van der Waals surface area (Å²) in [6, 6.07) is 16.5. The summed E-state index contributed by atoms with van der Waals surface area (Å²) in [6.07, 6.45) is 1.48. The van der Waals surface area contributed by atoms with Gasteiger partial charge in [0.1, 0.15) is 5.76 Å². The maximum absolute atomic E-state index is 13.4. The van der Waals surface area contributed by atoms with Crippen LogP contribution in [0, 0.1) is 0 Å². The number of nitrogens with zero attached hydrogens (tertiary/aromatic N) is 1. The van der Waals surface area contributed by atoms with E-state index in [-0.39, 0.29) is 23.5 Å². The third-order valence-electron chi connectivity index (χ3n) is 5.07. The molecule has 0 atom stereocenters. The maximum atomic E-state index is 13.4. The first-order valence-electron chi connectivity index (χ1n) is 9.78. The van der Waals surface area contributed by atoms with Gasteiger partial charge in [-0.3, -0.25) is 4.79 Å². The van der Waals surface area contributed by atoms with E-state index in [1.54, 1.807) is 48.5 Å². The molecule has 1 N–H and O–H groups in total. The standard InChI is InChI=1S/C23H22N2O6S/c1-29-21-12-16-11-17(23(26)24-20(16)13-22(21)30-2)14-25(15-18-7-6-10-31-18)32(27,28)19-8-4-3-5-9-19/h3-13H,14-15H2,1-2H3,(H,24,26). The van der Waals surface area contributed by atoms with Crippen LogP contribution in [0.5, 0.6) is 11.5 Å². The monoisotopic (exact) mass is 454 g/mol. The van der Waals surface area contributed by atoms with Gasteiger partial charge >= 0.3 is 0 Å². The van der Waals surface area contributed by atoms with Gasteiger partial charge in [-0.15, -0.1) is 0 Å². The molecule has 9 heteroatoms. The van der Waals surface area contributed by atoms with E-state index in [0.717, 1.165) is 0 Å². The van der Waals surface area contributed by atoms with E-state index in [4.69, 9.17) is 13.9 Å². The van der Waals surface area contributed by atoms with Crippen molar-refractivity contribution < 1.29 is 22.3 Å². The Morgan fingerprint density at radius 1 is 0.938 bits per heavy atom. The predicted octanol–water partition coefficient (Wildman–Crippen LogP) is 3.53. The number of benzene rings is 2. The first-order valence-corrected chi connectivity index (χ1v) is 11.2. The molecule has 166 valence electrons. The highest BCUT2D eigenvalue weighted by Gasteiger charge is 2.26. The number of aromatic amines is 1. The lowest BCUT2D eigenvalue weighted by Gasteiger charge is -2.21. The quantitative estimate of drug-likeness (QED) is 0.437. The maximum Gasteiger partial charge on any atom is 0.252 e. The Hall–Kier alpha value is -3.56. The zero-order valence-electron chi connectivity index (χ0n) is 17.6. The average Bonchev–Trinajstić information content (AvgIpc) is 3.32. The molecular formula is C23H22N2O6S. The molecule has 2 aromatic heterocycles. The molecule has 0 saturated carbocycles. The Morgan fingerprint density at radius 3 is 2.31 bits per heavy atom. The van der Waals surface area contributed by atoms with Gasteiger partial charge < -0.3 is 18.9 Å². The fraction of sp³-hybridized carbons (Fsp3) is 0.174. The lowest BCUT2D eigenvalue weighted by Crippen LogP contribution is -2.32. The summed E-state index contributed by atoms with van der Waals surface area (Å²) >= 11 is 0. The Morgan fingerprint density at radius 2 is 1.66 bits per heavy atom. The van der Waals surface area contributed by atoms with E-state index >= 15 is 0 Å². The van der Waals surface area contributed by atoms with Crippen molar-refractivity contribution in [2.75, 3.05) is 14.2 Å². The fourth-order valence-corrected chi connectivity index (χ4v) is 4.83. The highest BCUT2D eigenvalue weighted by molar-refractivity contribution is 7.89. The van der Waals surface area contributed by atoms with E-state index in [9.17, 15) is 13.2 Å². The zero-order chi connectivity index (χ0) is 22.7. The Kier molecular flexibility index (Phi) is 6.02. The van der Waals surface area contributed by atoms with Crippen LogP contribution in [0.2, 0.25) is 0 Å². The second kappa shape index (κ2) is 8.89. The van der Waals surface area contributed by atoms with Gasteiger partial charge in [-0.05, 0) is 36.4 Å². The van der Waals surface area contributed by atoms with Crippen LogP contribution in [0.15, 0.2) is 81.0 Å². The van der Waals surface area contributed by atoms with Crippen molar-refractivity contribution in [3.8, 4) is 11.5 Å². The number of pyridine rings is 1. The van der Waals surface area contributed by atoms with Gasteiger partial charge in [-0.1, -0.05) is 18.2 Å². The number of sulfonamides is 1. The molecule has 0 aliphatic rings. The molecule has 0 amide bonds. The van der Waals surface area contributed by atoms with E-state index in [1.165, 1.54) is 36.9 Å². The Bertz CT molecular complexity index is 1380. The van der Waals surface area contributed by atoms with Crippen molar-refractivity contribution in [2.45, 2.75) is 18.0 Å². The van der Waals surface area contributed by atoms with E-state index in [1.807, 2.05) is 0 Å². The number of aromatic nitrogens is 1. The zero-order valence-corrected chi connectivity index (χ0v) is 18.4. The van der Waals surface area contributed by atoms with Crippen LogP contribution in [0.1, 0.15) is 11.3 Å². The van der Waals surface area contributed by atoms with Crippen molar-refractivity contribution in [1.29, 1.82) is 0 Å². The van der Waals surface area contributed by atoms with Gasteiger partial charge in [0.2, 0.25) is 10.0 Å². The first kappa shape index (κ1) is 21.7. The number of rotatable bonds is 8. The molecule has 0 saturated heterocycles. The molecule has 0 aliphatic carbocycles. The summed E-state index contributed by atoms with van der Waals surface area (Å²) in [5.41, 5.74) is 0.452. The Balaban J connectivity index is 1.77. The fourth-order valence-electron chi connectivity index (χ4n) is 3.43. The number of H-pyrrole nitrogens is 1. The van der Waals surface area contributed by atoms with E-state index in [2.05, 4.69) is 4.98 Å². The van der Waals surface area contributed by atoms with Crippen molar-refractivity contribution in [3.63, 3.8) is 0 Å². The van der Waals surface area contributed by atoms with Crippen LogP contribution < -0.4 is 15.0 Å². The van der Waals surface area contributed by atoms with Crippen molar-refractivity contribution in [3.05, 3.63) is 88.6 Å². The van der Waals surface area contributed by atoms with E-state index in [0.29, 0.717) is 28.2 Å². The second-order valence-corrected chi connectivity index (χ2v) is 9.02. The molecule has 0 radical (unpaired) electrons. The molecule has 0 bridgehead atoms. The molecule has 0 unspecified atom stereocenters. The molecule has 4 aromatic rings. The number of hydrogen-bond acceptors (Lipinski definition) is 6. The molecule has 0 aliphatic heterocycles. The molecule has 4 rings (SSSR count). The van der Waals surface area contributed by atoms with Crippen LogP contribution in [0.25, 0.3) is 10.9 Å². The van der Waals surface area contributed by atoms with Crippen molar-refractivity contribution in [1.82, 2.24) is 9.29 Å². The second-order valence-electron chi connectivity index (χ2n) is 7.08. The number of hydrogen-bond donors (Lipinski definition) is 1. The molecule has 0 fully saturated rings. The minimum atomic E-state index is -3.89. The summed E-state index contributed by atoms with van der Waals surface area (Å²) in [4.78, 5) is 15.8. The van der Waals surface area contributed by atoms with Crippen LogP contribution in [0.3, 0.4) is 0 Å². The predicted molar refractivity (Wildman–Crippen MR) is 119 cm³/mol. The van der Waals surface area contributed by atoms with Gasteiger partial charge in [-0.2, -0.15) is 4.31 Å². The number of nitrogens with one attached hydrogen (secondary N) is 1. The van der Waals surface area contributed by atoms with Gasteiger partial charge in [0.25, 0.3) is 5.56 Å². The first-order chi connectivity index (χ1) is 15.4. The molecule has 32 heavy (non-hydrogen) atoms. The minimum Gasteiger partial charge on any atom is -0.493 e. The number of ether oxygens (including phenoxy) is 2. The van der Waals surface area contributed by atoms with Crippen LogP contribution >= 0.6 is 0 Å². The molecule has 0 spiro atoms. The number of methoxy groups -OCH3 is 2. The van der Waals surface area contributed by atoms with Crippen LogP contribution in [-0.2, 0) is 23.1 Å². The molecule has 2 aromatic carbocycles. The SMILES string of the molecule is COc1cc2cc(CN(Cc3ccco3)S(=O)(=O)c3ccccc3)c(=O)[nH]c2cc1OC. The summed E-state index contributed by atoms with van der Waals surface area (Å²) < 4.78 is 43.9. The van der Waals surface area contributed by atoms with Gasteiger partial charge in [0.05, 0.1) is 37.4 Å². The Labute approximate surface area is 185 Å². The lowest BCUT2D eigenvalue weighted by molar-refractivity contribution is 0.355. The van der Waals surface area contributed by atoms with Gasteiger partial charge in [0, 0.05) is 23.6 Å². The average molecular weight is 455 g/mol. The van der Waals surface area contributed by atoms with Crippen LogP contribution in [-0.4, -0.2) is 31.9 Å². The van der Waals surface area contributed by atoms with Crippen molar-refractivity contribution >= 4 is 20.9 Å². The third kappa shape index (κ3) is 4.25. The minimum absolute atomic E-state index is 0.0202. The number of furan rings is 1. The number of fused-ring (bicyclic) bond motifs is 1. The van der Waals surface area contributed by atoms with Gasteiger partial charge in [-0.25, -0.2) is 8.42 Å². The van der Waals surface area contributed by atoms with Gasteiger partial charge in [0.15, 0.2) is 11.5 Å². The third-order valence-corrected chi connectivity index (χ3v) is 6.87. The summed E-state index contributed by atoms with van der Waals surface area (Å²) in [6.45, 7) is -0.162. The summed E-state index contributed by atoms with van der Waals surface area (Å²) in [7, 11) is -0.860. The smallest absolute Gasteiger partial charge is 0.252 e. The molecular weight excluding hydrogens is 432 g/mol. The van der Waals surface area contributed by atoms with E-state index < -0.39 is 15.6 Å². The highest BCUT2D eigenvalue weighted by atomic mass is 32.2. The molecule has 8 nitrogen and oxygen atoms in total. The summed E-state index contributed by atoms with van der Waals surface area (Å²) in [5.74, 6) is 1.45.